The molecule has 3 rings (SSSR count). The molecule has 0 amide bonds. The van der Waals surface area contributed by atoms with Crippen molar-refractivity contribution in [3.05, 3.63) is 47.8 Å². The molecule has 3 nitrogen and oxygen atoms in total. The average Bonchev–Trinajstić information content (AvgIpc) is 2.94. The second-order valence-electron chi connectivity index (χ2n) is 4.59. The molecule has 0 spiro atoms. The third-order valence-electron chi connectivity index (χ3n) is 3.28. The zero-order chi connectivity index (χ0) is 11.7. The molecule has 1 aliphatic rings. The van der Waals surface area contributed by atoms with Crippen LogP contribution in [0.2, 0.25) is 0 Å². The van der Waals surface area contributed by atoms with Crippen LogP contribution in [0.1, 0.15) is 30.5 Å². The molecule has 2 aromatic rings. The van der Waals surface area contributed by atoms with Crippen molar-refractivity contribution in [2.75, 3.05) is 5.32 Å². The summed E-state index contributed by atoms with van der Waals surface area (Å²) in [4.78, 5) is 0. The van der Waals surface area contributed by atoms with Gasteiger partial charge in [-0.3, -0.25) is 4.68 Å². The molecule has 1 unspecified atom stereocenters. The lowest BCUT2D eigenvalue weighted by molar-refractivity contribution is 0.601. The van der Waals surface area contributed by atoms with Gasteiger partial charge in [0.15, 0.2) is 0 Å². The number of nitrogens with one attached hydrogen (secondary N) is 1. The van der Waals surface area contributed by atoms with E-state index in [0.717, 1.165) is 19.4 Å². The molecular weight excluding hydrogens is 210 g/mol. The molecule has 1 N–H and O–H groups in total. The Labute approximate surface area is 101 Å². The van der Waals surface area contributed by atoms with Gasteiger partial charge in [-0.15, -0.1) is 0 Å². The predicted molar refractivity (Wildman–Crippen MR) is 69.0 cm³/mol. The maximum Gasteiger partial charge on any atom is 0.0586 e. The summed E-state index contributed by atoms with van der Waals surface area (Å²) in [5, 5.41) is 7.94. The number of benzene rings is 1. The van der Waals surface area contributed by atoms with Crippen LogP contribution in [0.25, 0.3) is 0 Å². The number of aromatic nitrogens is 2. The number of nitrogens with zero attached hydrogens (tertiary/aromatic N) is 2. The summed E-state index contributed by atoms with van der Waals surface area (Å²) in [5.74, 6) is 0. The Morgan fingerprint density at radius 3 is 3.12 bits per heavy atom. The Morgan fingerprint density at radius 1 is 1.41 bits per heavy atom. The molecule has 2 heterocycles. The molecular formula is C14H17N3. The number of rotatable bonds is 3. The Bertz CT molecular complexity index is 491. The highest BCUT2D eigenvalue weighted by atomic mass is 15.3. The fraction of sp³-hybridized carbons (Fsp3) is 0.357. The first-order valence-corrected chi connectivity index (χ1v) is 6.23. The minimum atomic E-state index is 0.387. The number of hydrogen-bond donors (Lipinski definition) is 1. The highest BCUT2D eigenvalue weighted by Gasteiger charge is 2.22. The van der Waals surface area contributed by atoms with Gasteiger partial charge in [0.1, 0.15) is 0 Å². The first-order chi connectivity index (χ1) is 8.36. The molecule has 0 saturated heterocycles. The van der Waals surface area contributed by atoms with E-state index in [2.05, 4.69) is 47.8 Å². The molecule has 0 saturated carbocycles. The molecule has 0 aliphatic carbocycles. The summed E-state index contributed by atoms with van der Waals surface area (Å²) in [5.41, 5.74) is 3.95. The lowest BCUT2D eigenvalue weighted by Crippen LogP contribution is -2.04. The van der Waals surface area contributed by atoms with Crippen LogP contribution in [0.4, 0.5) is 5.69 Å². The van der Waals surface area contributed by atoms with E-state index < -0.39 is 0 Å². The van der Waals surface area contributed by atoms with Crippen LogP contribution in [0.15, 0.2) is 36.7 Å². The zero-order valence-corrected chi connectivity index (χ0v) is 10.1. The topological polar surface area (TPSA) is 29.9 Å². The van der Waals surface area contributed by atoms with Crippen LogP contribution in [0.5, 0.6) is 0 Å². The van der Waals surface area contributed by atoms with Gasteiger partial charge < -0.3 is 5.32 Å². The average molecular weight is 227 g/mol. The Morgan fingerprint density at radius 2 is 2.29 bits per heavy atom. The summed E-state index contributed by atoms with van der Waals surface area (Å²) in [6.07, 6.45) is 6.33. The molecule has 88 valence electrons. The lowest BCUT2D eigenvalue weighted by Gasteiger charge is -2.07. The van der Waals surface area contributed by atoms with E-state index in [-0.39, 0.29) is 0 Å². The monoisotopic (exact) mass is 227 g/mol. The summed E-state index contributed by atoms with van der Waals surface area (Å²) in [7, 11) is 0. The summed E-state index contributed by atoms with van der Waals surface area (Å²) >= 11 is 0. The van der Waals surface area contributed by atoms with Crippen LogP contribution >= 0.6 is 0 Å². The Kier molecular flexibility index (Phi) is 2.59. The SMILES string of the molecule is CCCn1cc(C2Cc3ccccc3N2)cn1. The van der Waals surface area contributed by atoms with Crippen molar-refractivity contribution < 1.29 is 0 Å². The molecule has 1 atom stereocenters. The summed E-state index contributed by atoms with van der Waals surface area (Å²) in [6, 6.07) is 8.90. The number of hydrogen-bond acceptors (Lipinski definition) is 2. The normalized spacial score (nSPS) is 17.8. The Balaban J connectivity index is 1.79. The number of aryl methyl sites for hydroxylation is 1. The van der Waals surface area contributed by atoms with Gasteiger partial charge >= 0.3 is 0 Å². The number of fused-ring (bicyclic) bond motifs is 1. The van der Waals surface area contributed by atoms with Gasteiger partial charge in [0, 0.05) is 24.0 Å². The summed E-state index contributed by atoms with van der Waals surface area (Å²) < 4.78 is 2.03. The number of anilines is 1. The maximum absolute atomic E-state index is 4.39. The second kappa shape index (κ2) is 4.24. The van der Waals surface area contributed by atoms with Crippen molar-refractivity contribution >= 4 is 5.69 Å². The van der Waals surface area contributed by atoms with Crippen LogP contribution in [-0.2, 0) is 13.0 Å². The van der Waals surface area contributed by atoms with E-state index in [9.17, 15) is 0 Å². The summed E-state index contributed by atoms with van der Waals surface area (Å²) in [6.45, 7) is 3.17. The standard InChI is InChI=1S/C14H17N3/c1-2-7-17-10-12(9-15-17)14-8-11-5-3-4-6-13(11)16-14/h3-6,9-10,14,16H,2,7-8H2,1H3. The van der Waals surface area contributed by atoms with Crippen LogP contribution < -0.4 is 5.32 Å². The van der Waals surface area contributed by atoms with E-state index in [1.807, 2.05) is 10.9 Å². The first kappa shape index (κ1) is 10.4. The molecule has 0 bridgehead atoms. The van der Waals surface area contributed by atoms with E-state index >= 15 is 0 Å². The fourth-order valence-electron chi connectivity index (χ4n) is 2.41. The maximum atomic E-state index is 4.39. The van der Waals surface area contributed by atoms with Crippen molar-refractivity contribution in [2.24, 2.45) is 0 Å². The van der Waals surface area contributed by atoms with Gasteiger partial charge in [0.05, 0.1) is 12.2 Å². The van der Waals surface area contributed by atoms with Crippen LogP contribution in [-0.4, -0.2) is 9.78 Å². The van der Waals surface area contributed by atoms with E-state index in [1.165, 1.54) is 16.8 Å². The van der Waals surface area contributed by atoms with Gasteiger partial charge in [0.25, 0.3) is 0 Å². The van der Waals surface area contributed by atoms with Gasteiger partial charge in [-0.1, -0.05) is 25.1 Å². The van der Waals surface area contributed by atoms with E-state index in [1.54, 1.807) is 0 Å². The van der Waals surface area contributed by atoms with Crippen LogP contribution in [0, 0.1) is 0 Å². The zero-order valence-electron chi connectivity index (χ0n) is 10.1. The molecule has 3 heteroatoms. The molecule has 0 fully saturated rings. The first-order valence-electron chi connectivity index (χ1n) is 6.23. The minimum Gasteiger partial charge on any atom is -0.378 e. The van der Waals surface area contributed by atoms with E-state index in [0.29, 0.717) is 6.04 Å². The predicted octanol–water partition coefficient (Wildman–Crippen LogP) is 3.00. The van der Waals surface area contributed by atoms with Crippen molar-refractivity contribution in [1.29, 1.82) is 0 Å². The van der Waals surface area contributed by atoms with Crippen molar-refractivity contribution in [1.82, 2.24) is 9.78 Å². The quantitative estimate of drug-likeness (QED) is 0.873. The van der Waals surface area contributed by atoms with Gasteiger partial charge in [-0.25, -0.2) is 0 Å². The fourth-order valence-corrected chi connectivity index (χ4v) is 2.41. The third-order valence-corrected chi connectivity index (χ3v) is 3.28. The minimum absolute atomic E-state index is 0.387. The van der Waals surface area contributed by atoms with Gasteiger partial charge in [0.2, 0.25) is 0 Å². The largest absolute Gasteiger partial charge is 0.378 e. The molecule has 0 radical (unpaired) electrons. The second-order valence-corrected chi connectivity index (χ2v) is 4.59. The Hall–Kier alpha value is -1.77. The number of para-hydroxylation sites is 1. The van der Waals surface area contributed by atoms with Crippen molar-refractivity contribution in [3.8, 4) is 0 Å². The third kappa shape index (κ3) is 1.93. The highest BCUT2D eigenvalue weighted by Crippen LogP contribution is 2.33. The smallest absolute Gasteiger partial charge is 0.0586 e. The lowest BCUT2D eigenvalue weighted by atomic mass is 10.1. The van der Waals surface area contributed by atoms with Crippen molar-refractivity contribution in [3.63, 3.8) is 0 Å². The molecule has 1 aromatic heterocycles. The molecule has 17 heavy (non-hydrogen) atoms. The van der Waals surface area contributed by atoms with E-state index in [4.69, 9.17) is 0 Å². The molecule has 1 aromatic carbocycles. The van der Waals surface area contributed by atoms with Crippen LogP contribution in [0.3, 0.4) is 0 Å². The van der Waals surface area contributed by atoms with Gasteiger partial charge in [-0.05, 0) is 24.5 Å². The highest BCUT2D eigenvalue weighted by molar-refractivity contribution is 5.57. The van der Waals surface area contributed by atoms with Gasteiger partial charge in [-0.2, -0.15) is 5.10 Å². The van der Waals surface area contributed by atoms with Crippen molar-refractivity contribution in [2.45, 2.75) is 32.4 Å². The molecule has 1 aliphatic heterocycles.